The summed E-state index contributed by atoms with van der Waals surface area (Å²) in [6, 6.07) is 7.48. The predicted octanol–water partition coefficient (Wildman–Crippen LogP) is 5.02. The summed E-state index contributed by atoms with van der Waals surface area (Å²) in [5, 5.41) is 30.4. The highest BCUT2D eigenvalue weighted by molar-refractivity contribution is 7.99. The minimum absolute atomic E-state index is 0.00808. The Bertz CT molecular complexity index is 1080. The molecule has 2 heterocycles. The summed E-state index contributed by atoms with van der Waals surface area (Å²) < 4.78 is 3.00. The molecule has 1 aliphatic carbocycles. The maximum atomic E-state index is 10.5. The first-order valence-corrected chi connectivity index (χ1v) is 10.7. The average Bonchev–Trinajstić information content (AvgIpc) is 3.29. The van der Waals surface area contributed by atoms with Crippen molar-refractivity contribution in [3.8, 4) is 6.07 Å². The van der Waals surface area contributed by atoms with Crippen molar-refractivity contribution >= 4 is 50.5 Å². The largest absolute Gasteiger partial charge is 0.510 e. The van der Waals surface area contributed by atoms with Crippen LogP contribution in [0, 0.1) is 11.3 Å². The van der Waals surface area contributed by atoms with Gasteiger partial charge in [-0.15, -0.1) is 21.5 Å². The fourth-order valence-corrected chi connectivity index (χ4v) is 4.81. The zero-order valence-corrected chi connectivity index (χ0v) is 16.9. The summed E-state index contributed by atoms with van der Waals surface area (Å²) in [7, 11) is 0. The Morgan fingerprint density at radius 3 is 2.96 bits per heavy atom. The van der Waals surface area contributed by atoms with Gasteiger partial charge in [-0.2, -0.15) is 5.26 Å². The van der Waals surface area contributed by atoms with E-state index in [9.17, 15) is 10.4 Å². The highest BCUT2D eigenvalue weighted by Crippen LogP contribution is 2.40. The third-order valence-electron chi connectivity index (χ3n) is 4.31. The molecule has 1 aliphatic rings. The zero-order chi connectivity index (χ0) is 19.0. The lowest BCUT2D eigenvalue weighted by molar-refractivity contribution is 0.420. The molecule has 1 fully saturated rings. The smallest absolute Gasteiger partial charge is 0.191 e. The Hall–Kier alpha value is -2.08. The van der Waals surface area contributed by atoms with E-state index in [1.54, 1.807) is 12.1 Å². The minimum atomic E-state index is -0.00808. The van der Waals surface area contributed by atoms with Gasteiger partial charge in [0.25, 0.3) is 0 Å². The highest BCUT2D eigenvalue weighted by atomic mass is 35.5. The number of nitrogens with zero attached hydrogens (tertiary/aromatic N) is 5. The van der Waals surface area contributed by atoms with Crippen molar-refractivity contribution in [3.63, 3.8) is 0 Å². The molecule has 0 unspecified atom stereocenters. The van der Waals surface area contributed by atoms with Crippen molar-refractivity contribution < 1.29 is 5.11 Å². The van der Waals surface area contributed by atoms with Crippen molar-refractivity contribution in [1.29, 1.82) is 5.26 Å². The second kappa shape index (κ2) is 7.50. The Balaban J connectivity index is 1.58. The van der Waals surface area contributed by atoms with E-state index in [1.807, 2.05) is 6.07 Å². The molecule has 2 aromatic heterocycles. The molecule has 3 aromatic rings. The van der Waals surface area contributed by atoms with Crippen molar-refractivity contribution in [3.05, 3.63) is 39.8 Å². The molecule has 0 amide bonds. The van der Waals surface area contributed by atoms with Crippen LogP contribution in [0.5, 0.6) is 0 Å². The van der Waals surface area contributed by atoms with Gasteiger partial charge in [-0.05, 0) is 38.0 Å². The van der Waals surface area contributed by atoms with Crippen molar-refractivity contribution in [2.75, 3.05) is 5.75 Å². The lowest BCUT2D eigenvalue weighted by atomic mass is 10.2. The number of thiazole rings is 1. The van der Waals surface area contributed by atoms with Crippen LogP contribution in [-0.4, -0.2) is 30.6 Å². The predicted molar refractivity (Wildman–Crippen MR) is 108 cm³/mol. The van der Waals surface area contributed by atoms with Gasteiger partial charge < -0.3 is 9.67 Å². The number of aromatic nitrogens is 4. The van der Waals surface area contributed by atoms with Gasteiger partial charge in [0.1, 0.15) is 28.2 Å². The number of aliphatic hydroxyl groups is 1. The van der Waals surface area contributed by atoms with Crippen molar-refractivity contribution in [2.24, 2.45) is 0 Å². The number of fused-ring (bicyclic) bond motifs is 1. The van der Waals surface area contributed by atoms with Crippen LogP contribution in [0.1, 0.15) is 36.5 Å². The summed E-state index contributed by atoms with van der Waals surface area (Å²) in [5.41, 5.74) is 0.903. The van der Waals surface area contributed by atoms with Gasteiger partial charge in [0.05, 0.1) is 16.0 Å². The monoisotopic (exact) mass is 417 g/mol. The summed E-state index contributed by atoms with van der Waals surface area (Å²) in [4.78, 5) is 4.44. The zero-order valence-electron chi connectivity index (χ0n) is 14.5. The third kappa shape index (κ3) is 3.68. The van der Waals surface area contributed by atoms with Crippen LogP contribution in [-0.2, 0) is 6.54 Å². The lowest BCUT2D eigenvalue weighted by Gasteiger charge is -2.06. The van der Waals surface area contributed by atoms with Gasteiger partial charge in [0.15, 0.2) is 5.16 Å². The molecule has 0 radical (unpaired) electrons. The van der Waals surface area contributed by atoms with Crippen LogP contribution in [0.3, 0.4) is 0 Å². The molecule has 1 saturated carbocycles. The first kappa shape index (κ1) is 18.3. The number of hydrogen-bond acceptors (Lipinski definition) is 7. The maximum Gasteiger partial charge on any atom is 0.191 e. The quantitative estimate of drug-likeness (QED) is 0.344. The van der Waals surface area contributed by atoms with Crippen molar-refractivity contribution in [2.45, 2.75) is 37.4 Å². The molecule has 138 valence electrons. The van der Waals surface area contributed by atoms with E-state index < -0.39 is 0 Å². The fourth-order valence-electron chi connectivity index (χ4n) is 2.80. The number of benzene rings is 1. The van der Waals surface area contributed by atoms with Crippen LogP contribution in [0.25, 0.3) is 15.8 Å². The summed E-state index contributed by atoms with van der Waals surface area (Å²) in [6.45, 7) is 2.84. The lowest BCUT2D eigenvalue weighted by Crippen LogP contribution is -2.02. The summed E-state index contributed by atoms with van der Waals surface area (Å²) in [6.07, 6.45) is 2.32. The second-order valence-corrected chi connectivity index (χ2v) is 8.62. The van der Waals surface area contributed by atoms with E-state index in [0.717, 1.165) is 40.6 Å². The van der Waals surface area contributed by atoms with Crippen LogP contribution < -0.4 is 0 Å². The van der Waals surface area contributed by atoms with Crippen LogP contribution in [0.2, 0.25) is 5.02 Å². The fraction of sp³-hybridized carbons (Fsp3) is 0.333. The number of aliphatic hydroxyl groups excluding tert-OH is 1. The van der Waals surface area contributed by atoms with Gasteiger partial charge in [0, 0.05) is 17.5 Å². The SMILES string of the molecule is CCn1c(SC/C(O)=C(/C#N)c2nc3cc(Cl)ccc3s2)nnc1C1CC1. The molecule has 9 heteroatoms. The van der Waals surface area contributed by atoms with Crippen molar-refractivity contribution in [1.82, 2.24) is 19.7 Å². The van der Waals surface area contributed by atoms with Gasteiger partial charge in [-0.25, -0.2) is 4.98 Å². The number of hydrogen-bond donors (Lipinski definition) is 1. The van der Waals surface area contributed by atoms with Crippen LogP contribution in [0.15, 0.2) is 29.1 Å². The first-order valence-electron chi connectivity index (χ1n) is 8.55. The van der Waals surface area contributed by atoms with Gasteiger partial charge in [-0.3, -0.25) is 0 Å². The molecule has 1 N–H and O–H groups in total. The Morgan fingerprint density at radius 1 is 1.44 bits per heavy atom. The van der Waals surface area contributed by atoms with Crippen LogP contribution >= 0.6 is 34.7 Å². The third-order valence-corrected chi connectivity index (χ3v) is 6.57. The molecular formula is C18H16ClN5OS2. The number of thioether (sulfide) groups is 1. The molecule has 0 aliphatic heterocycles. The molecule has 0 bridgehead atoms. The second-order valence-electron chi connectivity index (χ2n) is 6.21. The molecule has 1 aromatic carbocycles. The van der Waals surface area contributed by atoms with Crippen LogP contribution in [0.4, 0.5) is 0 Å². The maximum absolute atomic E-state index is 10.5. The Kier molecular flexibility index (Phi) is 5.08. The van der Waals surface area contributed by atoms with E-state index in [2.05, 4.69) is 32.7 Å². The van der Waals surface area contributed by atoms with E-state index in [1.165, 1.54) is 23.1 Å². The molecule has 0 spiro atoms. The standard InChI is InChI=1S/C18H16ClN5OS2/c1-2-24-16(10-3-4-10)22-23-18(24)26-9-14(25)12(8-20)17-21-13-7-11(19)5-6-15(13)27-17/h5-7,10,25H,2-4,9H2,1H3/b14-12+. The normalized spacial score (nSPS) is 15.0. The topological polar surface area (TPSA) is 87.6 Å². The molecule has 4 rings (SSSR count). The van der Waals surface area contributed by atoms with E-state index >= 15 is 0 Å². The van der Waals surface area contributed by atoms with Gasteiger partial charge >= 0.3 is 0 Å². The average molecular weight is 418 g/mol. The van der Waals surface area contributed by atoms with E-state index in [0.29, 0.717) is 15.9 Å². The molecular weight excluding hydrogens is 402 g/mol. The minimum Gasteiger partial charge on any atom is -0.510 e. The summed E-state index contributed by atoms with van der Waals surface area (Å²) >= 11 is 8.74. The molecule has 0 saturated heterocycles. The highest BCUT2D eigenvalue weighted by Gasteiger charge is 2.30. The Morgan fingerprint density at radius 2 is 2.26 bits per heavy atom. The Labute approximate surface area is 169 Å². The van der Waals surface area contributed by atoms with E-state index in [-0.39, 0.29) is 17.1 Å². The van der Waals surface area contributed by atoms with Gasteiger partial charge in [0.2, 0.25) is 0 Å². The van der Waals surface area contributed by atoms with E-state index in [4.69, 9.17) is 11.6 Å². The molecule has 27 heavy (non-hydrogen) atoms. The molecule has 0 atom stereocenters. The summed E-state index contributed by atoms with van der Waals surface area (Å²) in [5.74, 6) is 1.76. The number of halogens is 1. The first-order chi connectivity index (χ1) is 13.1. The number of allylic oxidation sites excluding steroid dienone is 1. The molecule has 6 nitrogen and oxygen atoms in total. The van der Waals surface area contributed by atoms with Gasteiger partial charge in [-0.1, -0.05) is 23.4 Å². The number of nitriles is 1. The number of rotatable bonds is 6.